The van der Waals surface area contributed by atoms with Gasteiger partial charge in [-0.3, -0.25) is 0 Å². The first-order valence-corrected chi connectivity index (χ1v) is 6.30. The third kappa shape index (κ3) is 1.51. The van der Waals surface area contributed by atoms with Crippen LogP contribution in [0.5, 0.6) is 0 Å². The summed E-state index contributed by atoms with van der Waals surface area (Å²) in [4.78, 5) is 15.9. The summed E-state index contributed by atoms with van der Waals surface area (Å²) in [5, 5.41) is 3.89. The lowest BCUT2D eigenvalue weighted by Gasteiger charge is -2.06. The Hall–Kier alpha value is -2.42. The fourth-order valence-electron chi connectivity index (χ4n) is 2.88. The van der Waals surface area contributed by atoms with E-state index in [1.54, 1.807) is 0 Å². The van der Waals surface area contributed by atoms with Crippen molar-refractivity contribution in [2.45, 2.75) is 12.8 Å². The molecule has 0 unspecified atom stereocenters. The van der Waals surface area contributed by atoms with Gasteiger partial charge in [0.15, 0.2) is 0 Å². The van der Waals surface area contributed by atoms with E-state index in [0.29, 0.717) is 0 Å². The first-order chi connectivity index (χ1) is 9.33. The van der Waals surface area contributed by atoms with Gasteiger partial charge in [0.25, 0.3) is 0 Å². The third-order valence-corrected chi connectivity index (χ3v) is 3.73. The summed E-state index contributed by atoms with van der Waals surface area (Å²) >= 11 is 0. The Morgan fingerprint density at radius 1 is 0.895 bits per heavy atom. The number of hydrogen-bond donors (Lipinski definition) is 0. The molecule has 0 spiro atoms. The molecule has 3 nitrogen and oxygen atoms in total. The van der Waals surface area contributed by atoms with E-state index in [0.717, 1.165) is 17.7 Å². The SMILES string of the molecule is O=C1CC(c2cccc3c2Cc2ccccc2-3)=NO1. The van der Waals surface area contributed by atoms with Crippen LogP contribution in [0.2, 0.25) is 0 Å². The van der Waals surface area contributed by atoms with Crippen molar-refractivity contribution in [1.82, 2.24) is 0 Å². The molecule has 2 aromatic carbocycles. The summed E-state index contributed by atoms with van der Waals surface area (Å²) in [6.45, 7) is 0. The van der Waals surface area contributed by atoms with Crippen LogP contribution in [0.1, 0.15) is 23.1 Å². The van der Waals surface area contributed by atoms with Crippen molar-refractivity contribution in [2.75, 3.05) is 0 Å². The maximum atomic E-state index is 11.2. The summed E-state index contributed by atoms with van der Waals surface area (Å²) in [5.41, 5.74) is 6.89. The summed E-state index contributed by atoms with van der Waals surface area (Å²) in [6, 6.07) is 14.6. The summed E-state index contributed by atoms with van der Waals surface area (Å²) in [6.07, 6.45) is 1.17. The van der Waals surface area contributed by atoms with Gasteiger partial charge in [-0.1, -0.05) is 47.6 Å². The van der Waals surface area contributed by atoms with Crippen molar-refractivity contribution in [2.24, 2.45) is 5.16 Å². The highest BCUT2D eigenvalue weighted by Crippen LogP contribution is 2.38. The standard InChI is InChI=1S/C16H11NO2/c18-16-9-15(17-19-16)13-7-3-6-12-11-5-2-1-4-10(11)8-14(12)13/h1-7H,8-9H2. The largest absolute Gasteiger partial charge is 0.341 e. The third-order valence-electron chi connectivity index (χ3n) is 3.73. The molecule has 2 aliphatic rings. The fraction of sp³-hybridized carbons (Fsp3) is 0.125. The van der Waals surface area contributed by atoms with Gasteiger partial charge in [0, 0.05) is 5.56 Å². The van der Waals surface area contributed by atoms with E-state index in [2.05, 4.69) is 35.5 Å². The first kappa shape index (κ1) is 10.5. The zero-order valence-corrected chi connectivity index (χ0v) is 10.2. The average Bonchev–Trinajstić information content (AvgIpc) is 3.02. The lowest BCUT2D eigenvalue weighted by molar-refractivity contribution is -0.140. The van der Waals surface area contributed by atoms with Crippen molar-refractivity contribution in [3.63, 3.8) is 0 Å². The Balaban J connectivity index is 1.88. The van der Waals surface area contributed by atoms with Crippen molar-refractivity contribution in [3.05, 3.63) is 59.2 Å². The maximum Gasteiger partial charge on any atom is 0.341 e. The van der Waals surface area contributed by atoms with Gasteiger partial charge in [0.2, 0.25) is 0 Å². The van der Waals surface area contributed by atoms with Gasteiger partial charge in [-0.05, 0) is 28.7 Å². The van der Waals surface area contributed by atoms with Gasteiger partial charge in [-0.15, -0.1) is 0 Å². The molecule has 3 heteroatoms. The van der Waals surface area contributed by atoms with Crippen LogP contribution in [0.15, 0.2) is 47.6 Å². The minimum Gasteiger partial charge on any atom is -0.318 e. The highest BCUT2D eigenvalue weighted by Gasteiger charge is 2.26. The molecule has 19 heavy (non-hydrogen) atoms. The second-order valence-electron chi connectivity index (χ2n) is 4.84. The number of hydrogen-bond acceptors (Lipinski definition) is 3. The molecule has 0 atom stereocenters. The van der Waals surface area contributed by atoms with Gasteiger partial charge in [0.1, 0.15) is 0 Å². The first-order valence-electron chi connectivity index (χ1n) is 6.30. The Morgan fingerprint density at radius 2 is 1.68 bits per heavy atom. The maximum absolute atomic E-state index is 11.2. The minimum absolute atomic E-state index is 0.271. The predicted molar refractivity (Wildman–Crippen MR) is 71.9 cm³/mol. The Labute approximate surface area is 110 Å². The highest BCUT2D eigenvalue weighted by molar-refractivity contribution is 6.13. The van der Waals surface area contributed by atoms with Crippen LogP contribution >= 0.6 is 0 Å². The van der Waals surface area contributed by atoms with Crippen LogP contribution in [0, 0.1) is 0 Å². The molecule has 0 saturated carbocycles. The summed E-state index contributed by atoms with van der Waals surface area (Å²) in [7, 11) is 0. The van der Waals surface area contributed by atoms with E-state index in [4.69, 9.17) is 4.84 Å². The van der Waals surface area contributed by atoms with Gasteiger partial charge in [-0.2, -0.15) is 0 Å². The Bertz CT molecular complexity index is 731. The molecule has 0 amide bonds. The van der Waals surface area contributed by atoms with Gasteiger partial charge >= 0.3 is 5.97 Å². The lowest BCUT2D eigenvalue weighted by Crippen LogP contribution is -2.04. The van der Waals surface area contributed by atoms with E-state index in [1.165, 1.54) is 22.3 Å². The molecule has 1 aliphatic carbocycles. The number of rotatable bonds is 1. The number of fused-ring (bicyclic) bond motifs is 3. The molecule has 1 aliphatic heterocycles. The van der Waals surface area contributed by atoms with Crippen LogP contribution in [0.4, 0.5) is 0 Å². The Morgan fingerprint density at radius 3 is 2.53 bits per heavy atom. The molecule has 92 valence electrons. The van der Waals surface area contributed by atoms with Crippen molar-refractivity contribution in [3.8, 4) is 11.1 Å². The van der Waals surface area contributed by atoms with E-state index in [1.807, 2.05) is 12.1 Å². The second-order valence-corrected chi connectivity index (χ2v) is 4.84. The summed E-state index contributed by atoms with van der Waals surface area (Å²) < 4.78 is 0. The molecule has 0 N–H and O–H groups in total. The molecular formula is C16H11NO2. The van der Waals surface area contributed by atoms with Gasteiger partial charge in [0.05, 0.1) is 12.1 Å². The number of carbonyl (C=O) groups excluding carboxylic acids is 1. The molecule has 0 fully saturated rings. The normalized spacial score (nSPS) is 15.8. The lowest BCUT2D eigenvalue weighted by atomic mass is 9.97. The average molecular weight is 249 g/mol. The van der Waals surface area contributed by atoms with Crippen LogP contribution in [0.25, 0.3) is 11.1 Å². The van der Waals surface area contributed by atoms with Gasteiger partial charge in [-0.25, -0.2) is 4.79 Å². The quantitative estimate of drug-likeness (QED) is 0.622. The topological polar surface area (TPSA) is 38.7 Å². The monoisotopic (exact) mass is 249 g/mol. The second kappa shape index (κ2) is 3.79. The number of oxime groups is 1. The van der Waals surface area contributed by atoms with Crippen LogP contribution in [-0.4, -0.2) is 11.7 Å². The molecule has 0 bridgehead atoms. The number of benzene rings is 2. The molecule has 0 saturated heterocycles. The van der Waals surface area contributed by atoms with Crippen LogP contribution < -0.4 is 0 Å². The van der Waals surface area contributed by atoms with E-state index < -0.39 is 0 Å². The predicted octanol–water partition coefficient (Wildman–Crippen LogP) is 2.91. The zero-order valence-electron chi connectivity index (χ0n) is 10.2. The fourth-order valence-corrected chi connectivity index (χ4v) is 2.88. The van der Waals surface area contributed by atoms with Crippen molar-refractivity contribution in [1.29, 1.82) is 0 Å². The van der Waals surface area contributed by atoms with E-state index in [-0.39, 0.29) is 12.4 Å². The van der Waals surface area contributed by atoms with Crippen molar-refractivity contribution >= 4 is 11.7 Å². The number of carbonyl (C=O) groups is 1. The molecule has 0 radical (unpaired) electrons. The summed E-state index contributed by atoms with van der Waals surface area (Å²) in [5.74, 6) is -0.275. The molecular weight excluding hydrogens is 238 g/mol. The van der Waals surface area contributed by atoms with E-state index >= 15 is 0 Å². The highest BCUT2D eigenvalue weighted by atomic mass is 16.7. The molecule has 1 heterocycles. The smallest absolute Gasteiger partial charge is 0.318 e. The van der Waals surface area contributed by atoms with Crippen LogP contribution in [-0.2, 0) is 16.1 Å². The molecule has 0 aromatic heterocycles. The van der Waals surface area contributed by atoms with E-state index in [9.17, 15) is 4.79 Å². The minimum atomic E-state index is -0.275. The van der Waals surface area contributed by atoms with Gasteiger partial charge < -0.3 is 4.84 Å². The zero-order chi connectivity index (χ0) is 12.8. The number of nitrogens with zero attached hydrogens (tertiary/aromatic N) is 1. The van der Waals surface area contributed by atoms with Crippen LogP contribution in [0.3, 0.4) is 0 Å². The van der Waals surface area contributed by atoms with Crippen molar-refractivity contribution < 1.29 is 9.63 Å². The molecule has 2 aromatic rings. The Kier molecular flexibility index (Phi) is 2.09. The molecule has 4 rings (SSSR count).